The lowest BCUT2D eigenvalue weighted by molar-refractivity contribution is -0.148. The van der Waals surface area contributed by atoms with E-state index in [-0.39, 0.29) is 12.1 Å². The van der Waals surface area contributed by atoms with Crippen molar-refractivity contribution < 1.29 is 9.53 Å². The van der Waals surface area contributed by atoms with E-state index in [9.17, 15) is 4.79 Å². The molecule has 2 nitrogen and oxygen atoms in total. The van der Waals surface area contributed by atoms with Gasteiger partial charge in [-0.05, 0) is 26.2 Å². The Kier molecular flexibility index (Phi) is 11.6. The predicted molar refractivity (Wildman–Crippen MR) is 73.1 cm³/mol. The first-order chi connectivity index (χ1) is 8.20. The van der Waals surface area contributed by atoms with Crippen molar-refractivity contribution in [1.29, 1.82) is 0 Å². The summed E-state index contributed by atoms with van der Waals surface area (Å²) in [7, 11) is 0. The highest BCUT2D eigenvalue weighted by molar-refractivity contribution is 5.69. The van der Waals surface area contributed by atoms with Crippen molar-refractivity contribution in [2.75, 3.05) is 0 Å². The Balaban J connectivity index is 3.37. The van der Waals surface area contributed by atoms with E-state index in [0.717, 1.165) is 19.3 Å². The molecule has 0 amide bonds. The topological polar surface area (TPSA) is 26.3 Å². The van der Waals surface area contributed by atoms with Gasteiger partial charge in [0, 0.05) is 6.42 Å². The molecule has 0 spiro atoms. The normalized spacial score (nSPS) is 12.4. The van der Waals surface area contributed by atoms with E-state index in [1.54, 1.807) is 0 Å². The number of unbranched alkanes of at least 4 members (excludes halogenated alkanes) is 6. The van der Waals surface area contributed by atoms with E-state index >= 15 is 0 Å². The van der Waals surface area contributed by atoms with E-state index in [0.29, 0.717) is 6.42 Å². The fraction of sp³-hybridized carbons (Fsp3) is 0.933. The summed E-state index contributed by atoms with van der Waals surface area (Å²) in [6.45, 7) is 6.39. The van der Waals surface area contributed by atoms with Crippen LogP contribution in [0.25, 0.3) is 0 Å². The number of carbonyl (C=O) groups excluding carboxylic acids is 1. The second-order valence-electron chi connectivity index (χ2n) is 4.96. The van der Waals surface area contributed by atoms with Crippen molar-refractivity contribution in [3.05, 3.63) is 0 Å². The molecule has 0 heterocycles. The molecule has 2 heteroatoms. The quantitative estimate of drug-likeness (QED) is 0.382. The number of carbonyl (C=O) groups is 1. The highest BCUT2D eigenvalue weighted by Crippen LogP contribution is 2.10. The minimum atomic E-state index is -0.00880. The summed E-state index contributed by atoms with van der Waals surface area (Å²) in [6.07, 6.45) is 11.3. The molecule has 0 radical (unpaired) electrons. The Morgan fingerprint density at radius 3 is 2.18 bits per heavy atom. The second-order valence-corrected chi connectivity index (χ2v) is 4.96. The SMILES string of the molecule is CCCCCCCC(=O)O[C@H](C)CCCCC. The van der Waals surface area contributed by atoms with Crippen LogP contribution in [-0.2, 0) is 9.53 Å². The lowest BCUT2D eigenvalue weighted by Crippen LogP contribution is -2.14. The van der Waals surface area contributed by atoms with Crippen LogP contribution >= 0.6 is 0 Å². The van der Waals surface area contributed by atoms with Gasteiger partial charge in [-0.25, -0.2) is 0 Å². The van der Waals surface area contributed by atoms with E-state index < -0.39 is 0 Å². The standard InChI is InChI=1S/C15H30O2/c1-4-6-8-9-11-13-15(16)17-14(3)12-10-7-5-2/h14H,4-13H2,1-3H3/t14-/m1/s1. The molecule has 0 N–H and O–H groups in total. The lowest BCUT2D eigenvalue weighted by atomic mass is 10.1. The third-order valence-corrected chi connectivity index (χ3v) is 3.03. The van der Waals surface area contributed by atoms with Gasteiger partial charge in [-0.15, -0.1) is 0 Å². The molecular formula is C15H30O2. The average Bonchev–Trinajstić information content (AvgIpc) is 2.29. The fourth-order valence-electron chi connectivity index (χ4n) is 1.90. The zero-order valence-corrected chi connectivity index (χ0v) is 12.0. The van der Waals surface area contributed by atoms with Crippen molar-refractivity contribution in [3.63, 3.8) is 0 Å². The van der Waals surface area contributed by atoms with Crippen LogP contribution in [0.4, 0.5) is 0 Å². The monoisotopic (exact) mass is 242 g/mol. The average molecular weight is 242 g/mol. The minimum absolute atomic E-state index is 0.00880. The van der Waals surface area contributed by atoms with Gasteiger partial charge in [0.25, 0.3) is 0 Å². The Morgan fingerprint density at radius 2 is 1.53 bits per heavy atom. The van der Waals surface area contributed by atoms with Crippen LogP contribution < -0.4 is 0 Å². The molecule has 0 fully saturated rings. The number of rotatable bonds is 11. The van der Waals surface area contributed by atoms with Crippen LogP contribution in [0, 0.1) is 0 Å². The largest absolute Gasteiger partial charge is 0.463 e. The van der Waals surface area contributed by atoms with E-state index in [1.807, 2.05) is 6.92 Å². The van der Waals surface area contributed by atoms with Crippen molar-refractivity contribution in [3.8, 4) is 0 Å². The van der Waals surface area contributed by atoms with Crippen molar-refractivity contribution >= 4 is 5.97 Å². The maximum atomic E-state index is 11.5. The van der Waals surface area contributed by atoms with Crippen LogP contribution in [0.2, 0.25) is 0 Å². The smallest absolute Gasteiger partial charge is 0.306 e. The number of esters is 1. The molecule has 0 aliphatic rings. The van der Waals surface area contributed by atoms with Gasteiger partial charge in [0.05, 0.1) is 6.10 Å². The highest BCUT2D eigenvalue weighted by Gasteiger charge is 2.08. The lowest BCUT2D eigenvalue weighted by Gasteiger charge is -2.12. The second kappa shape index (κ2) is 11.9. The van der Waals surface area contributed by atoms with Crippen molar-refractivity contribution in [2.24, 2.45) is 0 Å². The van der Waals surface area contributed by atoms with E-state index in [2.05, 4.69) is 13.8 Å². The Morgan fingerprint density at radius 1 is 0.941 bits per heavy atom. The van der Waals surface area contributed by atoms with Gasteiger partial charge in [-0.3, -0.25) is 4.79 Å². The molecule has 0 aromatic carbocycles. The van der Waals surface area contributed by atoms with Gasteiger partial charge < -0.3 is 4.74 Å². The molecule has 0 aliphatic carbocycles. The van der Waals surface area contributed by atoms with Crippen molar-refractivity contribution in [2.45, 2.75) is 91.1 Å². The van der Waals surface area contributed by atoms with Gasteiger partial charge in [-0.1, -0.05) is 52.4 Å². The van der Waals surface area contributed by atoms with Crippen molar-refractivity contribution in [1.82, 2.24) is 0 Å². The van der Waals surface area contributed by atoms with Crippen LogP contribution in [0.15, 0.2) is 0 Å². The summed E-state index contributed by atoms with van der Waals surface area (Å²) in [5, 5.41) is 0. The molecule has 0 saturated heterocycles. The summed E-state index contributed by atoms with van der Waals surface area (Å²) in [6, 6.07) is 0. The minimum Gasteiger partial charge on any atom is -0.463 e. The highest BCUT2D eigenvalue weighted by atomic mass is 16.5. The molecule has 0 bridgehead atoms. The Bertz CT molecular complexity index is 178. The Labute approximate surface area is 107 Å². The molecule has 0 saturated carbocycles. The van der Waals surface area contributed by atoms with Gasteiger partial charge in [0.1, 0.15) is 0 Å². The maximum Gasteiger partial charge on any atom is 0.306 e. The molecule has 1 atom stereocenters. The molecular weight excluding hydrogens is 212 g/mol. The molecule has 0 rings (SSSR count). The molecule has 0 aromatic rings. The Hall–Kier alpha value is -0.530. The molecule has 102 valence electrons. The zero-order valence-electron chi connectivity index (χ0n) is 12.0. The van der Waals surface area contributed by atoms with E-state index in [4.69, 9.17) is 4.74 Å². The first-order valence-electron chi connectivity index (χ1n) is 7.40. The summed E-state index contributed by atoms with van der Waals surface area (Å²) in [5.74, 6) is -0.00880. The number of hydrogen-bond acceptors (Lipinski definition) is 2. The number of hydrogen-bond donors (Lipinski definition) is 0. The van der Waals surface area contributed by atoms with Gasteiger partial charge in [0.15, 0.2) is 0 Å². The molecule has 0 aliphatic heterocycles. The predicted octanol–water partition coefficient (Wildman–Crippen LogP) is 4.86. The summed E-state index contributed by atoms with van der Waals surface area (Å²) in [5.41, 5.74) is 0. The summed E-state index contributed by atoms with van der Waals surface area (Å²) < 4.78 is 5.36. The zero-order chi connectivity index (χ0) is 12.9. The van der Waals surface area contributed by atoms with Crippen LogP contribution in [-0.4, -0.2) is 12.1 Å². The van der Waals surface area contributed by atoms with Gasteiger partial charge in [0.2, 0.25) is 0 Å². The third kappa shape index (κ3) is 11.7. The third-order valence-electron chi connectivity index (χ3n) is 3.03. The van der Waals surface area contributed by atoms with Crippen LogP contribution in [0.5, 0.6) is 0 Å². The van der Waals surface area contributed by atoms with Crippen LogP contribution in [0.3, 0.4) is 0 Å². The number of ether oxygens (including phenoxy) is 1. The van der Waals surface area contributed by atoms with Gasteiger partial charge in [-0.2, -0.15) is 0 Å². The summed E-state index contributed by atoms with van der Waals surface area (Å²) in [4.78, 5) is 11.5. The first kappa shape index (κ1) is 16.5. The summed E-state index contributed by atoms with van der Waals surface area (Å²) >= 11 is 0. The van der Waals surface area contributed by atoms with Crippen LogP contribution in [0.1, 0.15) is 85.0 Å². The molecule has 17 heavy (non-hydrogen) atoms. The molecule has 0 aromatic heterocycles. The fourth-order valence-corrected chi connectivity index (χ4v) is 1.90. The van der Waals surface area contributed by atoms with E-state index in [1.165, 1.54) is 38.5 Å². The molecule has 0 unspecified atom stereocenters. The maximum absolute atomic E-state index is 11.5. The van der Waals surface area contributed by atoms with Gasteiger partial charge >= 0.3 is 5.97 Å². The first-order valence-corrected chi connectivity index (χ1v) is 7.40.